The van der Waals surface area contributed by atoms with E-state index in [0.717, 1.165) is 19.1 Å². The lowest BCUT2D eigenvalue weighted by Gasteiger charge is -2.38. The van der Waals surface area contributed by atoms with E-state index in [9.17, 15) is 0 Å². The Balaban J connectivity index is 0.000000921. The van der Waals surface area contributed by atoms with Crippen LogP contribution in [-0.4, -0.2) is 27.4 Å². The fourth-order valence-electron chi connectivity index (χ4n) is 2.32. The number of hydrogen-bond donors (Lipinski definition) is 0. The third kappa shape index (κ3) is 4.98. The molecule has 0 aromatic heterocycles. The predicted octanol–water partition coefficient (Wildman–Crippen LogP) is 3.50. The number of methoxy groups -OCH3 is 2. The van der Waals surface area contributed by atoms with Crippen LogP contribution in [0.3, 0.4) is 0 Å². The molecule has 0 bridgehead atoms. The van der Waals surface area contributed by atoms with Crippen molar-refractivity contribution in [2.75, 3.05) is 27.4 Å². The summed E-state index contributed by atoms with van der Waals surface area (Å²) in [5.74, 6) is 0.891. The maximum Gasteiger partial charge on any atom is 0.0540 e. The Labute approximate surface area is 95.3 Å². The SMILES string of the molecule is CC.COCC1(COC)CCC(C)CC1. The summed E-state index contributed by atoms with van der Waals surface area (Å²) in [5, 5.41) is 0. The minimum Gasteiger partial charge on any atom is -0.384 e. The van der Waals surface area contributed by atoms with Crippen molar-refractivity contribution in [3.8, 4) is 0 Å². The molecule has 1 saturated carbocycles. The van der Waals surface area contributed by atoms with Gasteiger partial charge in [-0.05, 0) is 18.8 Å². The molecule has 2 heteroatoms. The van der Waals surface area contributed by atoms with Crippen molar-refractivity contribution in [1.82, 2.24) is 0 Å². The van der Waals surface area contributed by atoms with Crippen LogP contribution in [-0.2, 0) is 9.47 Å². The van der Waals surface area contributed by atoms with Crippen molar-refractivity contribution in [3.63, 3.8) is 0 Å². The van der Waals surface area contributed by atoms with E-state index in [2.05, 4.69) is 6.92 Å². The van der Waals surface area contributed by atoms with Gasteiger partial charge in [-0.15, -0.1) is 0 Å². The monoisotopic (exact) mass is 216 g/mol. The Hall–Kier alpha value is -0.0800. The summed E-state index contributed by atoms with van der Waals surface area (Å²) in [6, 6.07) is 0. The zero-order chi connectivity index (χ0) is 11.7. The summed E-state index contributed by atoms with van der Waals surface area (Å²) >= 11 is 0. The van der Waals surface area contributed by atoms with E-state index in [4.69, 9.17) is 9.47 Å². The first kappa shape index (κ1) is 14.9. The van der Waals surface area contributed by atoms with Crippen molar-refractivity contribution >= 4 is 0 Å². The molecule has 0 spiro atoms. The molecule has 0 saturated heterocycles. The van der Waals surface area contributed by atoms with Gasteiger partial charge in [0.05, 0.1) is 13.2 Å². The van der Waals surface area contributed by atoms with Crippen LogP contribution >= 0.6 is 0 Å². The molecule has 0 aromatic rings. The predicted molar refractivity (Wildman–Crippen MR) is 65.2 cm³/mol. The summed E-state index contributed by atoms with van der Waals surface area (Å²) in [5.41, 5.74) is 0.315. The molecule has 0 heterocycles. The molecule has 15 heavy (non-hydrogen) atoms. The van der Waals surface area contributed by atoms with Crippen LogP contribution in [0.5, 0.6) is 0 Å². The summed E-state index contributed by atoms with van der Waals surface area (Å²) in [4.78, 5) is 0. The molecule has 1 aliphatic rings. The van der Waals surface area contributed by atoms with Crippen LogP contribution in [0.2, 0.25) is 0 Å². The molecule has 92 valence electrons. The first-order valence-electron chi connectivity index (χ1n) is 6.20. The molecule has 2 nitrogen and oxygen atoms in total. The van der Waals surface area contributed by atoms with E-state index in [1.807, 2.05) is 13.8 Å². The van der Waals surface area contributed by atoms with E-state index < -0.39 is 0 Å². The van der Waals surface area contributed by atoms with Gasteiger partial charge in [-0.3, -0.25) is 0 Å². The van der Waals surface area contributed by atoms with Gasteiger partial charge in [-0.1, -0.05) is 33.6 Å². The Morgan fingerprint density at radius 3 is 1.73 bits per heavy atom. The topological polar surface area (TPSA) is 18.5 Å². The highest BCUT2D eigenvalue weighted by atomic mass is 16.5. The van der Waals surface area contributed by atoms with E-state index in [0.29, 0.717) is 5.41 Å². The van der Waals surface area contributed by atoms with Crippen molar-refractivity contribution < 1.29 is 9.47 Å². The maximum absolute atomic E-state index is 5.29. The Morgan fingerprint density at radius 2 is 1.40 bits per heavy atom. The summed E-state index contributed by atoms with van der Waals surface area (Å²) in [6.07, 6.45) is 5.17. The average Bonchev–Trinajstić information content (AvgIpc) is 2.26. The van der Waals surface area contributed by atoms with Crippen molar-refractivity contribution in [2.45, 2.75) is 46.5 Å². The molecule has 0 N–H and O–H groups in total. The number of rotatable bonds is 4. The first-order chi connectivity index (χ1) is 7.22. The lowest BCUT2D eigenvalue weighted by molar-refractivity contribution is -0.0212. The largest absolute Gasteiger partial charge is 0.384 e. The summed E-state index contributed by atoms with van der Waals surface area (Å²) < 4.78 is 10.6. The van der Waals surface area contributed by atoms with Gasteiger partial charge in [-0.2, -0.15) is 0 Å². The van der Waals surface area contributed by atoms with Gasteiger partial charge in [0.2, 0.25) is 0 Å². The van der Waals surface area contributed by atoms with Crippen LogP contribution in [0.4, 0.5) is 0 Å². The minimum absolute atomic E-state index is 0.315. The van der Waals surface area contributed by atoms with Crippen molar-refractivity contribution in [1.29, 1.82) is 0 Å². The van der Waals surface area contributed by atoms with Gasteiger partial charge in [0.25, 0.3) is 0 Å². The van der Waals surface area contributed by atoms with E-state index in [1.165, 1.54) is 25.7 Å². The second-order valence-electron chi connectivity index (χ2n) is 4.55. The third-order valence-corrected chi connectivity index (χ3v) is 3.24. The second kappa shape index (κ2) is 8.12. The second-order valence-corrected chi connectivity index (χ2v) is 4.55. The third-order valence-electron chi connectivity index (χ3n) is 3.24. The van der Waals surface area contributed by atoms with Gasteiger partial charge < -0.3 is 9.47 Å². The molecule has 0 aromatic carbocycles. The van der Waals surface area contributed by atoms with Gasteiger partial charge in [0.15, 0.2) is 0 Å². The summed E-state index contributed by atoms with van der Waals surface area (Å²) in [7, 11) is 3.57. The quantitative estimate of drug-likeness (QED) is 0.716. The van der Waals surface area contributed by atoms with Crippen LogP contribution in [0.25, 0.3) is 0 Å². The summed E-state index contributed by atoms with van der Waals surface area (Å²) in [6.45, 7) is 8.05. The maximum atomic E-state index is 5.29. The standard InChI is InChI=1S/C11H22O2.C2H6/c1-10-4-6-11(7-5-10,8-12-2)9-13-3;1-2/h10H,4-9H2,1-3H3;1-2H3. The lowest BCUT2D eigenvalue weighted by Crippen LogP contribution is -2.35. The van der Waals surface area contributed by atoms with Crippen molar-refractivity contribution in [3.05, 3.63) is 0 Å². The first-order valence-corrected chi connectivity index (χ1v) is 6.20. The van der Waals surface area contributed by atoms with E-state index in [1.54, 1.807) is 14.2 Å². The van der Waals surface area contributed by atoms with Crippen LogP contribution in [0.1, 0.15) is 46.5 Å². The van der Waals surface area contributed by atoms with Crippen LogP contribution in [0.15, 0.2) is 0 Å². The van der Waals surface area contributed by atoms with Crippen LogP contribution < -0.4 is 0 Å². The zero-order valence-electron chi connectivity index (χ0n) is 11.1. The molecule has 1 rings (SSSR count). The van der Waals surface area contributed by atoms with E-state index in [-0.39, 0.29) is 0 Å². The Bertz CT molecular complexity index is 129. The van der Waals surface area contributed by atoms with Crippen molar-refractivity contribution in [2.24, 2.45) is 11.3 Å². The molecule has 0 atom stereocenters. The molecule has 0 radical (unpaired) electrons. The van der Waals surface area contributed by atoms with Gasteiger partial charge in [0, 0.05) is 19.6 Å². The van der Waals surface area contributed by atoms with E-state index >= 15 is 0 Å². The highest BCUT2D eigenvalue weighted by Gasteiger charge is 2.34. The molecule has 0 aliphatic heterocycles. The smallest absolute Gasteiger partial charge is 0.0540 e. The fourth-order valence-corrected chi connectivity index (χ4v) is 2.32. The van der Waals surface area contributed by atoms with Gasteiger partial charge in [0.1, 0.15) is 0 Å². The number of ether oxygens (including phenoxy) is 2. The molecular weight excluding hydrogens is 188 g/mol. The average molecular weight is 216 g/mol. The Morgan fingerprint density at radius 1 is 1.00 bits per heavy atom. The Kier molecular flexibility index (Phi) is 8.07. The molecule has 0 amide bonds. The molecule has 1 fully saturated rings. The molecule has 1 aliphatic carbocycles. The van der Waals surface area contributed by atoms with Crippen LogP contribution in [0, 0.1) is 11.3 Å². The molecule has 0 unspecified atom stereocenters. The highest BCUT2D eigenvalue weighted by Crippen LogP contribution is 2.39. The highest BCUT2D eigenvalue weighted by molar-refractivity contribution is 4.84. The minimum atomic E-state index is 0.315. The fraction of sp³-hybridized carbons (Fsp3) is 1.00. The lowest BCUT2D eigenvalue weighted by atomic mass is 9.72. The molecular formula is C13H28O2. The van der Waals surface area contributed by atoms with Gasteiger partial charge >= 0.3 is 0 Å². The zero-order valence-corrected chi connectivity index (χ0v) is 11.1. The normalized spacial score (nSPS) is 20.6. The van der Waals surface area contributed by atoms with Gasteiger partial charge in [-0.25, -0.2) is 0 Å². The number of hydrogen-bond acceptors (Lipinski definition) is 2.